The summed E-state index contributed by atoms with van der Waals surface area (Å²) < 4.78 is 5.39. The lowest BCUT2D eigenvalue weighted by atomic mass is 10.2. The van der Waals surface area contributed by atoms with E-state index in [0.717, 1.165) is 0 Å². The maximum Gasteiger partial charge on any atom is 0.269 e. The van der Waals surface area contributed by atoms with Crippen LogP contribution in [-0.2, 0) is 0 Å². The maximum absolute atomic E-state index is 10.7. The Hall–Kier alpha value is -2.89. The van der Waals surface area contributed by atoms with Crippen molar-refractivity contribution in [2.75, 3.05) is 0 Å². The molecule has 0 fully saturated rings. The Labute approximate surface area is 108 Å². The van der Waals surface area contributed by atoms with Gasteiger partial charge < -0.3 is 14.6 Å². The quantitative estimate of drug-likeness (QED) is 0.615. The highest BCUT2D eigenvalue weighted by atomic mass is 16.6. The molecule has 0 bridgehead atoms. The van der Waals surface area contributed by atoms with Crippen LogP contribution in [0.25, 0.3) is 0 Å². The van der Waals surface area contributed by atoms with Gasteiger partial charge >= 0.3 is 0 Å². The average molecular weight is 258 g/mol. The molecule has 2 rings (SSSR count). The number of carbonyl (C=O) groups is 1. The van der Waals surface area contributed by atoms with E-state index in [4.69, 9.17) is 4.74 Å². The SMILES string of the molecule is O=C([O-])c1cccc(Oc2ccc([N+](=O)[O-])cc2)c1. The number of hydrogen-bond acceptors (Lipinski definition) is 5. The average Bonchev–Trinajstić information content (AvgIpc) is 2.39. The van der Waals surface area contributed by atoms with Crippen molar-refractivity contribution in [1.29, 1.82) is 0 Å². The lowest BCUT2D eigenvalue weighted by Crippen LogP contribution is -2.21. The number of carboxylic acid groups (broad SMARTS) is 1. The summed E-state index contributed by atoms with van der Waals surface area (Å²) in [7, 11) is 0. The molecule has 0 spiro atoms. The molecule has 0 amide bonds. The van der Waals surface area contributed by atoms with Gasteiger partial charge in [0.15, 0.2) is 0 Å². The summed E-state index contributed by atoms with van der Waals surface area (Å²) in [5, 5.41) is 21.2. The Kier molecular flexibility index (Phi) is 3.42. The second-order valence-corrected chi connectivity index (χ2v) is 3.67. The third-order valence-electron chi connectivity index (χ3n) is 2.35. The van der Waals surface area contributed by atoms with Crippen LogP contribution in [0.15, 0.2) is 48.5 Å². The summed E-state index contributed by atoms with van der Waals surface area (Å²) in [5.41, 5.74) is -0.0461. The van der Waals surface area contributed by atoms with Crippen molar-refractivity contribution in [3.63, 3.8) is 0 Å². The number of carboxylic acids is 1. The first kappa shape index (κ1) is 12.6. The van der Waals surface area contributed by atoms with E-state index in [1.165, 1.54) is 42.5 Å². The van der Waals surface area contributed by atoms with Gasteiger partial charge in [-0.25, -0.2) is 0 Å². The highest BCUT2D eigenvalue weighted by Crippen LogP contribution is 2.24. The molecule has 0 aliphatic heterocycles. The third kappa shape index (κ3) is 3.06. The van der Waals surface area contributed by atoms with Crippen LogP contribution in [0.1, 0.15) is 10.4 Å². The molecule has 0 heterocycles. The minimum atomic E-state index is -1.30. The number of nitrogens with zero attached hydrogens (tertiary/aromatic N) is 1. The Bertz CT molecular complexity index is 621. The molecule has 0 aliphatic rings. The topological polar surface area (TPSA) is 92.5 Å². The van der Waals surface area contributed by atoms with Crippen molar-refractivity contribution in [2.45, 2.75) is 0 Å². The number of nitro groups is 1. The number of hydrogen-bond donors (Lipinski definition) is 0. The summed E-state index contributed by atoms with van der Waals surface area (Å²) >= 11 is 0. The van der Waals surface area contributed by atoms with Crippen molar-refractivity contribution >= 4 is 11.7 Å². The van der Waals surface area contributed by atoms with Crippen LogP contribution in [0.4, 0.5) is 5.69 Å². The van der Waals surface area contributed by atoms with Crippen molar-refractivity contribution in [3.05, 3.63) is 64.2 Å². The molecule has 0 saturated carbocycles. The van der Waals surface area contributed by atoms with Gasteiger partial charge in [-0.3, -0.25) is 10.1 Å². The molecular weight excluding hydrogens is 250 g/mol. The van der Waals surface area contributed by atoms with Gasteiger partial charge in [0.1, 0.15) is 11.5 Å². The van der Waals surface area contributed by atoms with Crippen LogP contribution in [0.3, 0.4) is 0 Å². The number of nitro benzene ring substituents is 1. The molecule has 2 aromatic carbocycles. The molecule has 0 aromatic heterocycles. The Morgan fingerprint density at radius 1 is 1.05 bits per heavy atom. The van der Waals surface area contributed by atoms with Gasteiger partial charge in [0.25, 0.3) is 5.69 Å². The van der Waals surface area contributed by atoms with Gasteiger partial charge in [0, 0.05) is 17.7 Å². The van der Waals surface area contributed by atoms with Crippen LogP contribution >= 0.6 is 0 Å². The maximum atomic E-state index is 10.7. The lowest BCUT2D eigenvalue weighted by Gasteiger charge is -2.07. The fraction of sp³-hybridized carbons (Fsp3) is 0. The second-order valence-electron chi connectivity index (χ2n) is 3.67. The zero-order valence-corrected chi connectivity index (χ0v) is 9.61. The van der Waals surface area contributed by atoms with E-state index in [0.29, 0.717) is 11.5 Å². The van der Waals surface area contributed by atoms with Crippen LogP contribution in [-0.4, -0.2) is 10.9 Å². The van der Waals surface area contributed by atoms with Crippen molar-refractivity contribution < 1.29 is 19.6 Å². The van der Waals surface area contributed by atoms with E-state index in [1.807, 2.05) is 0 Å². The molecule has 0 radical (unpaired) electrons. The van der Waals surface area contributed by atoms with E-state index < -0.39 is 10.9 Å². The monoisotopic (exact) mass is 258 g/mol. The summed E-state index contributed by atoms with van der Waals surface area (Å²) in [5.74, 6) is -0.606. The molecule has 0 aliphatic carbocycles. The van der Waals surface area contributed by atoms with Gasteiger partial charge in [-0.1, -0.05) is 12.1 Å². The molecule has 6 nitrogen and oxygen atoms in total. The first-order valence-electron chi connectivity index (χ1n) is 5.30. The van der Waals surface area contributed by atoms with E-state index >= 15 is 0 Å². The number of aromatic carboxylic acids is 1. The van der Waals surface area contributed by atoms with E-state index in [1.54, 1.807) is 6.07 Å². The van der Waals surface area contributed by atoms with Gasteiger partial charge in [-0.2, -0.15) is 0 Å². The standard InChI is InChI=1S/C13H9NO5/c15-13(16)9-2-1-3-12(8-9)19-11-6-4-10(5-7-11)14(17)18/h1-8H,(H,15,16)/p-1. The van der Waals surface area contributed by atoms with Crippen molar-refractivity contribution in [3.8, 4) is 11.5 Å². The fourth-order valence-corrected chi connectivity index (χ4v) is 1.46. The zero-order chi connectivity index (χ0) is 13.8. The number of benzene rings is 2. The number of ether oxygens (including phenoxy) is 1. The van der Waals surface area contributed by atoms with Crippen molar-refractivity contribution in [1.82, 2.24) is 0 Å². The molecule has 0 atom stereocenters. The lowest BCUT2D eigenvalue weighted by molar-refractivity contribution is -0.384. The van der Waals surface area contributed by atoms with Gasteiger partial charge in [0.05, 0.1) is 10.9 Å². The highest BCUT2D eigenvalue weighted by molar-refractivity contribution is 5.86. The molecule has 0 unspecified atom stereocenters. The third-order valence-corrected chi connectivity index (χ3v) is 2.35. The predicted octanol–water partition coefficient (Wildman–Crippen LogP) is 1.75. The number of non-ortho nitro benzene ring substituents is 1. The Morgan fingerprint density at radius 2 is 1.74 bits per heavy atom. The minimum Gasteiger partial charge on any atom is -0.545 e. The van der Waals surface area contributed by atoms with E-state index in [2.05, 4.69) is 0 Å². The van der Waals surface area contributed by atoms with E-state index in [-0.39, 0.29) is 11.3 Å². The van der Waals surface area contributed by atoms with Gasteiger partial charge in [-0.05, 0) is 24.3 Å². The molecule has 19 heavy (non-hydrogen) atoms. The number of rotatable bonds is 4. The van der Waals surface area contributed by atoms with Crippen LogP contribution in [0, 0.1) is 10.1 Å². The largest absolute Gasteiger partial charge is 0.545 e. The van der Waals surface area contributed by atoms with Crippen LogP contribution in [0.5, 0.6) is 11.5 Å². The summed E-state index contributed by atoms with van der Waals surface area (Å²) in [4.78, 5) is 20.7. The summed E-state index contributed by atoms with van der Waals surface area (Å²) in [6.45, 7) is 0. The van der Waals surface area contributed by atoms with Gasteiger partial charge in [-0.15, -0.1) is 0 Å². The molecule has 6 heteroatoms. The normalized spacial score (nSPS) is 9.89. The van der Waals surface area contributed by atoms with Crippen LogP contribution in [0.2, 0.25) is 0 Å². The van der Waals surface area contributed by atoms with Crippen molar-refractivity contribution in [2.24, 2.45) is 0 Å². The summed E-state index contributed by atoms with van der Waals surface area (Å²) in [6, 6.07) is 11.3. The first-order valence-corrected chi connectivity index (χ1v) is 5.30. The molecule has 0 N–H and O–H groups in total. The number of carbonyl (C=O) groups excluding carboxylic acids is 1. The Morgan fingerprint density at radius 3 is 2.32 bits per heavy atom. The molecule has 0 saturated heterocycles. The van der Waals surface area contributed by atoms with Crippen LogP contribution < -0.4 is 9.84 Å². The van der Waals surface area contributed by atoms with E-state index in [9.17, 15) is 20.0 Å². The first-order chi connectivity index (χ1) is 9.06. The Balaban J connectivity index is 2.19. The molecule has 96 valence electrons. The zero-order valence-electron chi connectivity index (χ0n) is 9.61. The molecular formula is C13H8NO5-. The predicted molar refractivity (Wildman–Crippen MR) is 63.9 cm³/mol. The fourth-order valence-electron chi connectivity index (χ4n) is 1.46. The highest BCUT2D eigenvalue weighted by Gasteiger charge is 2.05. The molecule has 2 aromatic rings. The second kappa shape index (κ2) is 5.18. The van der Waals surface area contributed by atoms with Gasteiger partial charge in [0.2, 0.25) is 0 Å². The summed E-state index contributed by atoms with van der Waals surface area (Å²) in [6.07, 6.45) is 0. The smallest absolute Gasteiger partial charge is 0.269 e. The minimum absolute atomic E-state index is 0.000545.